The molecule has 17 heavy (non-hydrogen) atoms. The van der Waals surface area contributed by atoms with Crippen LogP contribution in [0.2, 0.25) is 0 Å². The number of carbonyl (C=O) groups excluding carboxylic acids is 1. The Morgan fingerprint density at radius 3 is 2.06 bits per heavy atom. The number of rotatable bonds is 4. The topological polar surface area (TPSA) is 26.3 Å². The molecule has 0 radical (unpaired) electrons. The zero-order valence-corrected chi connectivity index (χ0v) is 11.4. The fourth-order valence-electron chi connectivity index (χ4n) is 1.57. The van der Waals surface area contributed by atoms with Crippen molar-refractivity contribution < 1.29 is 9.53 Å². The van der Waals surface area contributed by atoms with Crippen LogP contribution in [0.4, 0.5) is 0 Å². The molecule has 1 aromatic carbocycles. The fraction of sp³-hybridized carbons (Fsp3) is 0.533. The van der Waals surface area contributed by atoms with E-state index >= 15 is 0 Å². The van der Waals surface area contributed by atoms with E-state index < -0.39 is 6.10 Å². The van der Waals surface area contributed by atoms with Crippen LogP contribution in [-0.4, -0.2) is 11.4 Å². The van der Waals surface area contributed by atoms with Crippen LogP contribution in [-0.2, 0) is 9.53 Å². The van der Waals surface area contributed by atoms with E-state index in [0.717, 1.165) is 5.56 Å². The van der Waals surface area contributed by atoms with Crippen molar-refractivity contribution in [2.24, 2.45) is 5.92 Å². The highest BCUT2D eigenvalue weighted by atomic mass is 16.5. The Morgan fingerprint density at radius 2 is 1.65 bits per heavy atom. The zero-order valence-electron chi connectivity index (χ0n) is 11.4. The van der Waals surface area contributed by atoms with Gasteiger partial charge in [0.1, 0.15) is 6.10 Å². The summed E-state index contributed by atoms with van der Waals surface area (Å²) in [5.74, 6) is 0.105. The predicted molar refractivity (Wildman–Crippen MR) is 69.9 cm³/mol. The van der Waals surface area contributed by atoms with E-state index in [4.69, 9.17) is 4.74 Å². The van der Waals surface area contributed by atoms with Crippen LogP contribution >= 0.6 is 0 Å². The molecule has 0 fully saturated rings. The molecule has 0 aromatic heterocycles. The number of hydrogen-bond acceptors (Lipinski definition) is 2. The summed E-state index contributed by atoms with van der Waals surface area (Å²) in [5, 5.41) is 0. The van der Waals surface area contributed by atoms with E-state index in [9.17, 15) is 4.79 Å². The molecule has 1 aromatic rings. The van der Waals surface area contributed by atoms with Crippen LogP contribution in [0.15, 0.2) is 30.3 Å². The summed E-state index contributed by atoms with van der Waals surface area (Å²) < 4.78 is 5.90. The third-order valence-corrected chi connectivity index (χ3v) is 2.40. The van der Waals surface area contributed by atoms with Crippen molar-refractivity contribution in [3.05, 3.63) is 35.9 Å². The summed E-state index contributed by atoms with van der Waals surface area (Å²) in [4.78, 5) is 12.2. The van der Waals surface area contributed by atoms with Gasteiger partial charge >= 0.3 is 0 Å². The average Bonchev–Trinajstić information content (AvgIpc) is 2.25. The normalized spacial score (nSPS) is 13.8. The second-order valence-electron chi connectivity index (χ2n) is 5.58. The highest BCUT2D eigenvalue weighted by molar-refractivity contribution is 5.86. The van der Waals surface area contributed by atoms with E-state index in [-0.39, 0.29) is 17.3 Å². The average molecular weight is 234 g/mol. The molecular weight excluding hydrogens is 212 g/mol. The minimum atomic E-state index is -0.462. The Bertz CT molecular complexity index is 360. The van der Waals surface area contributed by atoms with Crippen molar-refractivity contribution in [3.8, 4) is 0 Å². The van der Waals surface area contributed by atoms with Crippen molar-refractivity contribution in [1.82, 2.24) is 0 Å². The van der Waals surface area contributed by atoms with Crippen LogP contribution in [0.3, 0.4) is 0 Å². The molecule has 0 aliphatic rings. The third kappa shape index (κ3) is 4.31. The van der Waals surface area contributed by atoms with Crippen molar-refractivity contribution in [2.45, 2.75) is 46.3 Å². The van der Waals surface area contributed by atoms with Gasteiger partial charge in [0.15, 0.2) is 5.78 Å². The van der Waals surface area contributed by atoms with E-state index in [1.807, 2.05) is 65.0 Å². The molecule has 1 unspecified atom stereocenters. The molecule has 0 aliphatic carbocycles. The Balaban J connectivity index is 2.99. The van der Waals surface area contributed by atoms with Gasteiger partial charge in [0.2, 0.25) is 0 Å². The van der Waals surface area contributed by atoms with Gasteiger partial charge in [-0.3, -0.25) is 4.79 Å². The largest absolute Gasteiger partial charge is 0.360 e. The molecule has 2 heteroatoms. The first-order chi connectivity index (χ1) is 7.81. The fourth-order valence-corrected chi connectivity index (χ4v) is 1.57. The minimum absolute atomic E-state index is 0.0254. The van der Waals surface area contributed by atoms with Crippen LogP contribution < -0.4 is 0 Å². The van der Waals surface area contributed by atoms with Gasteiger partial charge < -0.3 is 4.74 Å². The van der Waals surface area contributed by atoms with E-state index in [1.54, 1.807) is 0 Å². The molecule has 0 bridgehead atoms. The molecule has 0 saturated carbocycles. The first-order valence-corrected chi connectivity index (χ1v) is 6.08. The first kappa shape index (κ1) is 13.9. The van der Waals surface area contributed by atoms with Crippen molar-refractivity contribution in [3.63, 3.8) is 0 Å². The van der Waals surface area contributed by atoms with Gasteiger partial charge in [-0.25, -0.2) is 0 Å². The van der Waals surface area contributed by atoms with Crippen molar-refractivity contribution in [1.29, 1.82) is 0 Å². The van der Waals surface area contributed by atoms with Gasteiger partial charge in [-0.15, -0.1) is 0 Å². The molecular formula is C15H22O2. The van der Waals surface area contributed by atoms with Gasteiger partial charge in [-0.2, -0.15) is 0 Å². The Labute approximate surface area is 104 Å². The molecule has 1 atom stereocenters. The molecule has 2 nitrogen and oxygen atoms in total. The summed E-state index contributed by atoms with van der Waals surface area (Å²) >= 11 is 0. The Morgan fingerprint density at radius 1 is 1.12 bits per heavy atom. The molecule has 1 rings (SSSR count). The van der Waals surface area contributed by atoms with Crippen LogP contribution in [0.1, 0.15) is 46.3 Å². The number of carbonyl (C=O) groups is 1. The molecule has 0 spiro atoms. The van der Waals surface area contributed by atoms with Crippen molar-refractivity contribution >= 4 is 5.78 Å². The smallest absolute Gasteiger partial charge is 0.168 e. The second kappa shape index (κ2) is 5.46. The molecule has 0 aliphatic heterocycles. The maximum Gasteiger partial charge on any atom is 0.168 e. The quantitative estimate of drug-likeness (QED) is 0.792. The highest BCUT2D eigenvalue weighted by Gasteiger charge is 2.28. The lowest BCUT2D eigenvalue weighted by molar-refractivity contribution is -0.144. The number of benzene rings is 1. The predicted octanol–water partition coefficient (Wildman–Crippen LogP) is 3.77. The molecule has 94 valence electrons. The van der Waals surface area contributed by atoms with E-state index in [2.05, 4.69) is 0 Å². The maximum absolute atomic E-state index is 12.2. The Hall–Kier alpha value is -1.15. The van der Waals surface area contributed by atoms with Crippen LogP contribution in [0, 0.1) is 5.92 Å². The monoisotopic (exact) mass is 234 g/mol. The van der Waals surface area contributed by atoms with Crippen molar-refractivity contribution in [2.75, 3.05) is 0 Å². The van der Waals surface area contributed by atoms with Gasteiger partial charge in [-0.1, -0.05) is 44.2 Å². The summed E-state index contributed by atoms with van der Waals surface area (Å²) in [5.41, 5.74) is 0.603. The second-order valence-corrected chi connectivity index (χ2v) is 5.58. The SMILES string of the molecule is CC(C)C(=O)C(OC(C)(C)C)c1ccccc1. The number of Topliss-reactive ketones (excluding diaryl/α,β-unsaturated/α-hetero) is 1. The third-order valence-electron chi connectivity index (χ3n) is 2.40. The summed E-state index contributed by atoms with van der Waals surface area (Å²) in [6.07, 6.45) is -0.462. The van der Waals surface area contributed by atoms with Crippen LogP contribution in [0.5, 0.6) is 0 Å². The van der Waals surface area contributed by atoms with Crippen LogP contribution in [0.25, 0.3) is 0 Å². The zero-order chi connectivity index (χ0) is 13.1. The highest BCUT2D eigenvalue weighted by Crippen LogP contribution is 2.27. The lowest BCUT2D eigenvalue weighted by Gasteiger charge is -2.28. The minimum Gasteiger partial charge on any atom is -0.360 e. The Kier molecular flexibility index (Phi) is 4.47. The first-order valence-electron chi connectivity index (χ1n) is 6.08. The lowest BCUT2D eigenvalue weighted by Crippen LogP contribution is -2.29. The molecule has 0 amide bonds. The molecule has 0 N–H and O–H groups in total. The summed E-state index contributed by atoms with van der Waals surface area (Å²) in [7, 11) is 0. The maximum atomic E-state index is 12.2. The number of ether oxygens (including phenoxy) is 1. The molecule has 0 saturated heterocycles. The van der Waals surface area contributed by atoms with Gasteiger partial charge in [-0.05, 0) is 26.3 Å². The van der Waals surface area contributed by atoms with Gasteiger partial charge in [0.25, 0.3) is 0 Å². The summed E-state index contributed by atoms with van der Waals surface area (Å²) in [6.45, 7) is 9.72. The number of hydrogen-bond donors (Lipinski definition) is 0. The van der Waals surface area contributed by atoms with Gasteiger partial charge in [0.05, 0.1) is 5.60 Å². The standard InChI is InChI=1S/C15H22O2/c1-11(2)13(16)14(17-15(3,4)5)12-9-7-6-8-10-12/h6-11,14H,1-5H3. The summed E-state index contributed by atoms with van der Waals surface area (Å²) in [6, 6.07) is 9.69. The van der Waals surface area contributed by atoms with E-state index in [1.165, 1.54) is 0 Å². The number of ketones is 1. The van der Waals surface area contributed by atoms with E-state index in [0.29, 0.717) is 0 Å². The molecule has 0 heterocycles. The van der Waals surface area contributed by atoms with Gasteiger partial charge in [0, 0.05) is 5.92 Å². The lowest BCUT2D eigenvalue weighted by atomic mass is 9.97.